The van der Waals surface area contributed by atoms with Gasteiger partial charge in [-0.1, -0.05) is 47.7 Å². The highest BCUT2D eigenvalue weighted by Gasteiger charge is 2.48. The van der Waals surface area contributed by atoms with Gasteiger partial charge in [0.05, 0.1) is 30.5 Å². The minimum absolute atomic E-state index is 0.0779. The van der Waals surface area contributed by atoms with Crippen LogP contribution in [-0.2, 0) is 20.9 Å². The molecule has 1 amide bonds. The zero-order chi connectivity index (χ0) is 32.2. The van der Waals surface area contributed by atoms with Crippen molar-refractivity contribution in [1.29, 1.82) is 0 Å². The number of aliphatic hydroxyl groups is 1. The predicted octanol–water partition coefficient (Wildman–Crippen LogP) is 6.25. The SMILES string of the molecule is CCOC(=O)c1sc(N2C(=O)C(=O)/C(=C(\O)c3ccc(OCc4ccccc4)cc3C)C2c2ccc(O)c(OCC)c2)nc1C. The van der Waals surface area contributed by atoms with Crippen LogP contribution in [0.25, 0.3) is 5.76 Å². The molecule has 45 heavy (non-hydrogen) atoms. The summed E-state index contributed by atoms with van der Waals surface area (Å²) < 4.78 is 16.6. The van der Waals surface area contributed by atoms with Gasteiger partial charge >= 0.3 is 11.9 Å². The highest BCUT2D eigenvalue weighted by atomic mass is 32.1. The first kappa shape index (κ1) is 31.3. The number of carbonyl (C=O) groups is 3. The van der Waals surface area contributed by atoms with Crippen LogP contribution in [0.5, 0.6) is 17.2 Å². The summed E-state index contributed by atoms with van der Waals surface area (Å²) in [5, 5.41) is 22.1. The lowest BCUT2D eigenvalue weighted by Gasteiger charge is -2.24. The Morgan fingerprint density at radius 1 is 0.978 bits per heavy atom. The van der Waals surface area contributed by atoms with E-state index in [1.807, 2.05) is 30.3 Å². The Bertz CT molecular complexity index is 1800. The van der Waals surface area contributed by atoms with E-state index in [1.165, 1.54) is 18.2 Å². The molecular formula is C34H32N2O8S. The number of esters is 1. The van der Waals surface area contributed by atoms with Crippen LogP contribution in [0, 0.1) is 13.8 Å². The number of aliphatic hydroxyl groups excluding tert-OH is 1. The number of benzene rings is 3. The van der Waals surface area contributed by atoms with Crippen LogP contribution in [-0.4, -0.2) is 46.1 Å². The molecule has 5 rings (SSSR count). The Morgan fingerprint density at radius 2 is 1.73 bits per heavy atom. The number of hydrogen-bond acceptors (Lipinski definition) is 10. The maximum atomic E-state index is 13.7. The molecule has 10 nitrogen and oxygen atoms in total. The molecule has 4 aromatic rings. The van der Waals surface area contributed by atoms with E-state index in [0.717, 1.165) is 21.8 Å². The maximum absolute atomic E-state index is 13.7. The second-order valence-electron chi connectivity index (χ2n) is 10.2. The Kier molecular flexibility index (Phi) is 9.19. The van der Waals surface area contributed by atoms with E-state index >= 15 is 0 Å². The number of Topliss-reactive ketones (excluding diaryl/α,β-unsaturated/α-hetero) is 1. The molecule has 1 aliphatic rings. The molecule has 0 spiro atoms. The number of phenols is 1. The minimum Gasteiger partial charge on any atom is -0.507 e. The molecule has 3 aromatic carbocycles. The van der Waals surface area contributed by atoms with Crippen molar-refractivity contribution < 1.29 is 38.8 Å². The van der Waals surface area contributed by atoms with E-state index < -0.39 is 29.5 Å². The van der Waals surface area contributed by atoms with Crippen molar-refractivity contribution in [2.45, 2.75) is 40.3 Å². The Morgan fingerprint density at radius 3 is 2.42 bits per heavy atom. The van der Waals surface area contributed by atoms with Crippen molar-refractivity contribution in [2.75, 3.05) is 18.1 Å². The average molecular weight is 629 g/mol. The van der Waals surface area contributed by atoms with Crippen LogP contribution >= 0.6 is 11.3 Å². The van der Waals surface area contributed by atoms with Gasteiger partial charge in [-0.25, -0.2) is 9.78 Å². The highest BCUT2D eigenvalue weighted by molar-refractivity contribution is 7.17. The normalized spacial score (nSPS) is 15.7. The number of phenolic OH excluding ortho intramolecular Hbond substituents is 1. The first-order chi connectivity index (χ1) is 21.6. The smallest absolute Gasteiger partial charge is 0.350 e. The van der Waals surface area contributed by atoms with E-state index in [1.54, 1.807) is 45.9 Å². The quantitative estimate of drug-likeness (QED) is 0.0905. The standard InChI is InChI=1S/C34H32N2O8S/c1-5-42-26-17-22(12-15-25(26)37)28-27(30(39)32(40)36(28)34-35-20(4)31(45-34)33(41)43-6-2)29(38)24-14-13-23(16-19(24)3)44-18-21-10-8-7-9-11-21/h7-17,28,37-38H,5-6,18H2,1-4H3/b29-27-. The number of ketones is 1. The van der Waals surface area contributed by atoms with Gasteiger partial charge in [-0.3, -0.25) is 14.5 Å². The number of rotatable bonds is 10. The molecule has 2 heterocycles. The predicted molar refractivity (Wildman–Crippen MR) is 169 cm³/mol. The summed E-state index contributed by atoms with van der Waals surface area (Å²) in [7, 11) is 0. The van der Waals surface area contributed by atoms with Crippen molar-refractivity contribution >= 4 is 39.9 Å². The molecule has 1 unspecified atom stereocenters. The fourth-order valence-corrected chi connectivity index (χ4v) is 6.05. The van der Waals surface area contributed by atoms with Crippen LogP contribution in [0.2, 0.25) is 0 Å². The summed E-state index contributed by atoms with van der Waals surface area (Å²) in [6.45, 7) is 7.56. The summed E-state index contributed by atoms with van der Waals surface area (Å²) in [6.07, 6.45) is 0. The number of aryl methyl sites for hydroxylation is 2. The zero-order valence-corrected chi connectivity index (χ0v) is 26.0. The van der Waals surface area contributed by atoms with Crippen LogP contribution in [0.1, 0.15) is 57.5 Å². The molecule has 1 atom stereocenters. The molecular weight excluding hydrogens is 596 g/mol. The monoisotopic (exact) mass is 628 g/mol. The topological polar surface area (TPSA) is 135 Å². The summed E-state index contributed by atoms with van der Waals surface area (Å²) in [6, 6.07) is 18.0. The Hall–Kier alpha value is -5.16. The van der Waals surface area contributed by atoms with Gasteiger partial charge in [-0.15, -0.1) is 0 Å². The van der Waals surface area contributed by atoms with Crippen molar-refractivity contribution in [2.24, 2.45) is 0 Å². The number of carbonyl (C=O) groups excluding carboxylic acids is 3. The lowest BCUT2D eigenvalue weighted by molar-refractivity contribution is -0.132. The summed E-state index contributed by atoms with van der Waals surface area (Å²) >= 11 is 0.911. The highest BCUT2D eigenvalue weighted by Crippen LogP contribution is 2.46. The summed E-state index contributed by atoms with van der Waals surface area (Å²) in [5.41, 5.74) is 2.46. The number of amides is 1. The van der Waals surface area contributed by atoms with Crippen molar-refractivity contribution in [3.05, 3.63) is 105 Å². The number of thiazole rings is 1. The number of ether oxygens (including phenoxy) is 3. The number of aromatic nitrogens is 1. The molecule has 0 saturated carbocycles. The molecule has 232 valence electrons. The van der Waals surface area contributed by atoms with Gasteiger partial charge in [0.1, 0.15) is 23.0 Å². The van der Waals surface area contributed by atoms with Gasteiger partial charge in [0.2, 0.25) is 0 Å². The maximum Gasteiger partial charge on any atom is 0.350 e. The van der Waals surface area contributed by atoms with Gasteiger partial charge < -0.3 is 24.4 Å². The lowest BCUT2D eigenvalue weighted by atomic mass is 9.93. The van der Waals surface area contributed by atoms with E-state index in [0.29, 0.717) is 34.7 Å². The fourth-order valence-electron chi connectivity index (χ4n) is 5.07. The van der Waals surface area contributed by atoms with E-state index in [4.69, 9.17) is 14.2 Å². The van der Waals surface area contributed by atoms with Crippen molar-refractivity contribution in [3.8, 4) is 17.2 Å². The molecule has 0 bridgehead atoms. The number of nitrogens with zero attached hydrogens (tertiary/aromatic N) is 2. The van der Waals surface area contributed by atoms with Crippen molar-refractivity contribution in [3.63, 3.8) is 0 Å². The molecule has 1 fully saturated rings. The molecule has 0 radical (unpaired) electrons. The summed E-state index contributed by atoms with van der Waals surface area (Å²) in [4.78, 5) is 45.7. The molecule has 11 heteroatoms. The van der Waals surface area contributed by atoms with Crippen molar-refractivity contribution in [1.82, 2.24) is 4.98 Å². The van der Waals surface area contributed by atoms with Crippen LogP contribution < -0.4 is 14.4 Å². The third kappa shape index (κ3) is 6.25. The number of anilines is 1. The van der Waals surface area contributed by atoms with Gasteiger partial charge in [0.25, 0.3) is 5.78 Å². The van der Waals surface area contributed by atoms with Crippen LogP contribution in [0.15, 0.2) is 72.3 Å². The molecule has 1 aliphatic heterocycles. The lowest BCUT2D eigenvalue weighted by Crippen LogP contribution is -2.29. The fraction of sp³-hybridized carbons (Fsp3) is 0.235. The van der Waals surface area contributed by atoms with E-state index in [-0.39, 0.29) is 40.3 Å². The average Bonchev–Trinajstić information content (AvgIpc) is 3.53. The van der Waals surface area contributed by atoms with Crippen LogP contribution in [0.4, 0.5) is 5.13 Å². The second kappa shape index (κ2) is 13.2. The second-order valence-corrected chi connectivity index (χ2v) is 11.2. The minimum atomic E-state index is -1.15. The van der Waals surface area contributed by atoms with Gasteiger partial charge in [-0.05, 0) is 74.7 Å². The first-order valence-corrected chi connectivity index (χ1v) is 15.1. The van der Waals surface area contributed by atoms with Crippen LogP contribution in [0.3, 0.4) is 0 Å². The Labute approximate surface area is 264 Å². The number of aromatic hydroxyl groups is 1. The zero-order valence-electron chi connectivity index (χ0n) is 25.2. The molecule has 1 saturated heterocycles. The summed E-state index contributed by atoms with van der Waals surface area (Å²) in [5.74, 6) is -2.28. The third-order valence-corrected chi connectivity index (χ3v) is 8.33. The van der Waals surface area contributed by atoms with Gasteiger partial charge in [0, 0.05) is 5.56 Å². The largest absolute Gasteiger partial charge is 0.507 e. The Balaban J connectivity index is 1.61. The molecule has 1 aromatic heterocycles. The van der Waals surface area contributed by atoms with Gasteiger partial charge in [-0.2, -0.15) is 0 Å². The third-order valence-electron chi connectivity index (χ3n) is 7.20. The molecule has 0 aliphatic carbocycles. The van der Waals surface area contributed by atoms with Gasteiger partial charge in [0.15, 0.2) is 16.6 Å². The van der Waals surface area contributed by atoms with E-state index in [9.17, 15) is 24.6 Å². The van der Waals surface area contributed by atoms with E-state index in [2.05, 4.69) is 4.98 Å². The molecule has 2 N–H and O–H groups in total. The number of hydrogen-bond donors (Lipinski definition) is 2. The first-order valence-electron chi connectivity index (χ1n) is 14.3.